The van der Waals surface area contributed by atoms with Crippen molar-refractivity contribution in [3.63, 3.8) is 0 Å². The van der Waals surface area contributed by atoms with E-state index in [0.717, 1.165) is 29.4 Å². The lowest BCUT2D eigenvalue weighted by Gasteiger charge is -2.23. The number of amides is 1. The third-order valence-electron chi connectivity index (χ3n) is 4.55. The van der Waals surface area contributed by atoms with Gasteiger partial charge in [0, 0.05) is 35.8 Å². The van der Waals surface area contributed by atoms with Crippen LogP contribution in [0.5, 0.6) is 0 Å². The number of rotatable bonds is 2. The number of nitrogens with one attached hydrogen (secondary N) is 2. The number of benzene rings is 1. The smallest absolute Gasteiger partial charge is 0.251 e. The lowest BCUT2D eigenvalue weighted by Crippen LogP contribution is -2.44. The number of nitrogens with zero attached hydrogens (tertiary/aromatic N) is 1. The van der Waals surface area contributed by atoms with Crippen LogP contribution in [0.25, 0.3) is 10.9 Å². The van der Waals surface area contributed by atoms with Gasteiger partial charge in [0.05, 0.1) is 5.52 Å². The van der Waals surface area contributed by atoms with Gasteiger partial charge in [-0.1, -0.05) is 6.07 Å². The second kappa shape index (κ2) is 4.56. The van der Waals surface area contributed by atoms with E-state index in [2.05, 4.69) is 15.6 Å². The Morgan fingerprint density at radius 3 is 3.05 bits per heavy atom. The van der Waals surface area contributed by atoms with Crippen molar-refractivity contribution in [2.24, 2.45) is 5.92 Å². The van der Waals surface area contributed by atoms with Crippen LogP contribution in [0.2, 0.25) is 0 Å². The van der Waals surface area contributed by atoms with Crippen molar-refractivity contribution in [2.45, 2.75) is 24.9 Å². The molecule has 4 nitrogen and oxygen atoms in total. The van der Waals surface area contributed by atoms with Crippen molar-refractivity contribution in [3.05, 3.63) is 42.1 Å². The van der Waals surface area contributed by atoms with Crippen LogP contribution in [0, 0.1) is 5.92 Å². The molecule has 1 aromatic heterocycles. The summed E-state index contributed by atoms with van der Waals surface area (Å²) in [4.78, 5) is 16.6. The highest BCUT2D eigenvalue weighted by atomic mass is 16.1. The van der Waals surface area contributed by atoms with Gasteiger partial charge >= 0.3 is 0 Å². The fourth-order valence-corrected chi connectivity index (χ4v) is 3.48. The van der Waals surface area contributed by atoms with E-state index in [-0.39, 0.29) is 5.91 Å². The van der Waals surface area contributed by atoms with Crippen molar-refractivity contribution in [3.8, 4) is 0 Å². The number of hydrogen-bond acceptors (Lipinski definition) is 3. The van der Waals surface area contributed by atoms with Crippen LogP contribution in [0.3, 0.4) is 0 Å². The fourth-order valence-electron chi connectivity index (χ4n) is 3.48. The normalized spacial score (nSPS) is 27.9. The van der Waals surface area contributed by atoms with Gasteiger partial charge in [0.2, 0.25) is 0 Å². The minimum absolute atomic E-state index is 0.0355. The topological polar surface area (TPSA) is 54.0 Å². The van der Waals surface area contributed by atoms with Crippen molar-refractivity contribution >= 4 is 16.8 Å². The van der Waals surface area contributed by atoms with Crippen LogP contribution in [0.4, 0.5) is 0 Å². The van der Waals surface area contributed by atoms with E-state index in [4.69, 9.17) is 0 Å². The number of fused-ring (bicyclic) bond motifs is 3. The molecule has 20 heavy (non-hydrogen) atoms. The zero-order chi connectivity index (χ0) is 13.5. The molecule has 2 aromatic rings. The van der Waals surface area contributed by atoms with Crippen LogP contribution >= 0.6 is 0 Å². The third kappa shape index (κ3) is 1.96. The highest BCUT2D eigenvalue weighted by Crippen LogP contribution is 2.31. The molecule has 2 aliphatic rings. The van der Waals surface area contributed by atoms with E-state index in [0.29, 0.717) is 18.0 Å². The number of aromatic nitrogens is 1. The summed E-state index contributed by atoms with van der Waals surface area (Å²) in [5.41, 5.74) is 1.65. The van der Waals surface area contributed by atoms with E-state index < -0.39 is 0 Å². The fraction of sp³-hybridized carbons (Fsp3) is 0.375. The first-order chi connectivity index (χ1) is 9.79. The number of piperidine rings is 1. The average Bonchev–Trinajstić information content (AvgIpc) is 3.09. The third-order valence-corrected chi connectivity index (χ3v) is 4.55. The van der Waals surface area contributed by atoms with Gasteiger partial charge in [-0.25, -0.2) is 0 Å². The van der Waals surface area contributed by atoms with Gasteiger partial charge in [0.25, 0.3) is 5.91 Å². The van der Waals surface area contributed by atoms with E-state index in [1.807, 2.05) is 30.3 Å². The molecule has 0 spiro atoms. The van der Waals surface area contributed by atoms with Crippen molar-refractivity contribution < 1.29 is 4.79 Å². The zero-order valence-electron chi connectivity index (χ0n) is 11.2. The summed E-state index contributed by atoms with van der Waals surface area (Å²) in [7, 11) is 0. The first-order valence-corrected chi connectivity index (χ1v) is 7.18. The molecule has 1 amide bonds. The van der Waals surface area contributed by atoms with Gasteiger partial charge in [-0.3, -0.25) is 9.78 Å². The molecule has 2 bridgehead atoms. The number of pyridine rings is 1. The molecule has 3 atom stereocenters. The van der Waals surface area contributed by atoms with Crippen LogP contribution in [0.15, 0.2) is 36.5 Å². The Balaban J connectivity index is 1.54. The number of carbonyl (C=O) groups is 1. The number of hydrogen-bond donors (Lipinski definition) is 2. The molecular formula is C16H17N3O. The van der Waals surface area contributed by atoms with E-state index in [9.17, 15) is 4.79 Å². The Hall–Kier alpha value is -1.94. The number of carbonyl (C=O) groups excluding carboxylic acids is 1. The molecule has 1 saturated heterocycles. The molecule has 2 heterocycles. The van der Waals surface area contributed by atoms with E-state index >= 15 is 0 Å². The molecule has 1 aromatic carbocycles. The summed E-state index contributed by atoms with van der Waals surface area (Å²) < 4.78 is 0. The highest BCUT2D eigenvalue weighted by Gasteiger charge is 2.40. The average molecular weight is 267 g/mol. The van der Waals surface area contributed by atoms with Gasteiger partial charge < -0.3 is 10.6 Å². The molecule has 1 aliphatic heterocycles. The summed E-state index contributed by atoms with van der Waals surface area (Å²) in [6.07, 6.45) is 4.03. The maximum atomic E-state index is 12.4. The Labute approximate surface area is 117 Å². The Kier molecular flexibility index (Phi) is 2.70. The maximum absolute atomic E-state index is 12.4. The van der Waals surface area contributed by atoms with Gasteiger partial charge in [-0.2, -0.15) is 0 Å². The van der Waals surface area contributed by atoms with Crippen molar-refractivity contribution in [1.29, 1.82) is 0 Å². The molecule has 1 aliphatic carbocycles. The van der Waals surface area contributed by atoms with Gasteiger partial charge in [-0.05, 0) is 43.0 Å². The second-order valence-electron chi connectivity index (χ2n) is 5.83. The Morgan fingerprint density at radius 2 is 2.25 bits per heavy atom. The first-order valence-electron chi connectivity index (χ1n) is 7.18. The molecule has 2 fully saturated rings. The largest absolute Gasteiger partial charge is 0.349 e. The summed E-state index contributed by atoms with van der Waals surface area (Å²) in [5.74, 6) is 0.638. The van der Waals surface area contributed by atoms with Gasteiger partial charge in [0.1, 0.15) is 0 Å². The molecule has 4 heteroatoms. The summed E-state index contributed by atoms with van der Waals surface area (Å²) in [6.45, 7) is 1.04. The minimum atomic E-state index is 0.0355. The predicted octanol–water partition coefficient (Wildman–Crippen LogP) is 1.71. The zero-order valence-corrected chi connectivity index (χ0v) is 11.2. The quantitative estimate of drug-likeness (QED) is 0.871. The summed E-state index contributed by atoms with van der Waals surface area (Å²) in [6, 6.07) is 10.5. The van der Waals surface area contributed by atoms with Crippen LogP contribution in [0.1, 0.15) is 23.2 Å². The predicted molar refractivity (Wildman–Crippen MR) is 77.5 cm³/mol. The Bertz CT molecular complexity index is 670. The molecule has 1 saturated carbocycles. The summed E-state index contributed by atoms with van der Waals surface area (Å²) >= 11 is 0. The molecule has 0 radical (unpaired) electrons. The van der Waals surface area contributed by atoms with Crippen LogP contribution < -0.4 is 10.6 Å². The van der Waals surface area contributed by atoms with E-state index in [1.54, 1.807) is 6.20 Å². The molecule has 4 rings (SSSR count). The van der Waals surface area contributed by atoms with E-state index in [1.165, 1.54) is 6.42 Å². The molecule has 2 N–H and O–H groups in total. The SMILES string of the molecule is O=C(NC1CC2CC1CN2)c1ccc2ncccc2c1. The lowest BCUT2D eigenvalue weighted by atomic mass is 10.0. The lowest BCUT2D eigenvalue weighted by molar-refractivity contribution is 0.0925. The monoisotopic (exact) mass is 267 g/mol. The molecular weight excluding hydrogens is 250 g/mol. The van der Waals surface area contributed by atoms with Crippen molar-refractivity contribution in [2.75, 3.05) is 6.54 Å². The second-order valence-corrected chi connectivity index (χ2v) is 5.83. The van der Waals surface area contributed by atoms with Crippen molar-refractivity contribution in [1.82, 2.24) is 15.6 Å². The molecule has 102 valence electrons. The van der Waals surface area contributed by atoms with Gasteiger partial charge in [-0.15, -0.1) is 0 Å². The van der Waals surface area contributed by atoms with Crippen LogP contribution in [-0.2, 0) is 0 Å². The minimum Gasteiger partial charge on any atom is -0.349 e. The maximum Gasteiger partial charge on any atom is 0.251 e. The van der Waals surface area contributed by atoms with Gasteiger partial charge in [0.15, 0.2) is 0 Å². The van der Waals surface area contributed by atoms with Crippen LogP contribution in [-0.4, -0.2) is 29.5 Å². The summed E-state index contributed by atoms with van der Waals surface area (Å²) in [5, 5.41) is 7.66. The standard InChI is InChI=1S/C16H17N3O/c20-16(19-15-8-13-7-12(15)9-18-13)11-3-4-14-10(6-11)2-1-5-17-14/h1-6,12-13,15,18H,7-9H2,(H,19,20). The Morgan fingerprint density at radius 1 is 1.30 bits per heavy atom. The highest BCUT2D eigenvalue weighted by molar-refractivity contribution is 5.98. The molecule has 3 unspecified atom stereocenters. The first kappa shape index (κ1) is 11.9.